The molecule has 0 saturated heterocycles. The zero-order valence-electron chi connectivity index (χ0n) is 10.9. The van der Waals surface area contributed by atoms with E-state index in [1.807, 2.05) is 0 Å². The first-order valence-electron chi connectivity index (χ1n) is 6.03. The summed E-state index contributed by atoms with van der Waals surface area (Å²) in [7, 11) is 0. The van der Waals surface area contributed by atoms with Crippen LogP contribution in [0.5, 0.6) is 0 Å². The zero-order valence-corrected chi connectivity index (χ0v) is 11.8. The maximum absolute atomic E-state index is 8.77. The van der Waals surface area contributed by atoms with E-state index < -0.39 is 0 Å². The lowest BCUT2D eigenvalue weighted by Gasteiger charge is -2.19. The van der Waals surface area contributed by atoms with Crippen molar-refractivity contribution in [3.63, 3.8) is 0 Å². The summed E-state index contributed by atoms with van der Waals surface area (Å²) in [6.07, 6.45) is 0.674. The van der Waals surface area contributed by atoms with E-state index in [0.717, 1.165) is 5.75 Å². The average Bonchev–Trinajstić information content (AvgIpc) is 2.26. The van der Waals surface area contributed by atoms with Crippen LogP contribution in [0.1, 0.15) is 32.8 Å². The summed E-state index contributed by atoms with van der Waals surface area (Å²) in [4.78, 5) is 1.24. The Morgan fingerprint density at radius 2 is 1.82 bits per heavy atom. The van der Waals surface area contributed by atoms with E-state index in [0.29, 0.717) is 6.42 Å². The quantitative estimate of drug-likeness (QED) is 0.793. The lowest BCUT2D eigenvalue weighted by Crippen LogP contribution is -2.23. The molecule has 0 aliphatic carbocycles. The van der Waals surface area contributed by atoms with E-state index in [9.17, 15) is 0 Å². The third kappa shape index (κ3) is 5.11. The van der Waals surface area contributed by atoms with Crippen LogP contribution < -0.4 is 5.73 Å². The monoisotopic (exact) mass is 253 g/mol. The van der Waals surface area contributed by atoms with Gasteiger partial charge in [0.2, 0.25) is 0 Å². The number of benzene rings is 1. The molecule has 0 aliphatic rings. The van der Waals surface area contributed by atoms with Gasteiger partial charge in [-0.25, -0.2) is 0 Å². The molecule has 2 nitrogen and oxygen atoms in total. The standard InChI is InChI=1S/C14H23NOS/c1-14(2,3)11-4-6-13(7-5-11)17-10-12(15)8-9-16/h4-7,12,16H,8-10,15H2,1-3H3. The maximum atomic E-state index is 8.77. The van der Waals surface area contributed by atoms with Crippen LogP contribution in [0.4, 0.5) is 0 Å². The van der Waals surface area contributed by atoms with Crippen molar-refractivity contribution < 1.29 is 5.11 Å². The average molecular weight is 253 g/mol. The van der Waals surface area contributed by atoms with Crippen LogP contribution in [-0.2, 0) is 5.41 Å². The Kier molecular flexibility index (Phi) is 5.50. The molecular weight excluding hydrogens is 230 g/mol. The summed E-state index contributed by atoms with van der Waals surface area (Å²) in [5.74, 6) is 0.857. The van der Waals surface area contributed by atoms with E-state index in [2.05, 4.69) is 45.0 Å². The molecule has 3 N–H and O–H groups in total. The fraction of sp³-hybridized carbons (Fsp3) is 0.571. The molecule has 0 bridgehead atoms. The molecule has 1 atom stereocenters. The van der Waals surface area contributed by atoms with Gasteiger partial charge in [0.15, 0.2) is 0 Å². The number of rotatable bonds is 5. The normalized spacial score (nSPS) is 13.7. The minimum absolute atomic E-state index is 0.0762. The smallest absolute Gasteiger partial charge is 0.0446 e. The highest BCUT2D eigenvalue weighted by Gasteiger charge is 2.12. The highest BCUT2D eigenvalue weighted by Crippen LogP contribution is 2.25. The van der Waals surface area contributed by atoms with Gasteiger partial charge in [0.05, 0.1) is 0 Å². The first-order valence-corrected chi connectivity index (χ1v) is 7.02. The molecule has 1 aromatic rings. The molecule has 1 rings (SSSR count). The van der Waals surface area contributed by atoms with Crippen LogP contribution in [-0.4, -0.2) is 23.5 Å². The Balaban J connectivity index is 2.51. The predicted octanol–water partition coefficient (Wildman–Crippen LogP) is 2.79. The highest BCUT2D eigenvalue weighted by atomic mass is 32.2. The number of hydrogen-bond acceptors (Lipinski definition) is 3. The molecule has 0 aromatic heterocycles. The molecule has 0 radical (unpaired) electrons. The maximum Gasteiger partial charge on any atom is 0.0446 e. The first-order chi connectivity index (χ1) is 7.93. The van der Waals surface area contributed by atoms with Gasteiger partial charge in [-0.1, -0.05) is 32.9 Å². The van der Waals surface area contributed by atoms with Gasteiger partial charge in [0.1, 0.15) is 0 Å². The van der Waals surface area contributed by atoms with Crippen molar-refractivity contribution in [2.45, 2.75) is 43.5 Å². The Morgan fingerprint density at radius 1 is 1.24 bits per heavy atom. The van der Waals surface area contributed by atoms with Crippen molar-refractivity contribution >= 4 is 11.8 Å². The second kappa shape index (κ2) is 6.43. The molecule has 0 spiro atoms. The molecule has 17 heavy (non-hydrogen) atoms. The van der Waals surface area contributed by atoms with E-state index >= 15 is 0 Å². The van der Waals surface area contributed by atoms with Crippen molar-refractivity contribution in [2.24, 2.45) is 5.73 Å². The molecule has 0 amide bonds. The third-order valence-corrected chi connectivity index (χ3v) is 3.88. The van der Waals surface area contributed by atoms with Crippen molar-refractivity contribution in [3.8, 4) is 0 Å². The minimum Gasteiger partial charge on any atom is -0.396 e. The summed E-state index contributed by atoms with van der Waals surface area (Å²) in [6.45, 7) is 6.82. The molecule has 1 unspecified atom stereocenters. The SMILES string of the molecule is CC(C)(C)c1ccc(SCC(N)CCO)cc1. The molecule has 0 saturated carbocycles. The Morgan fingerprint density at radius 3 is 2.29 bits per heavy atom. The van der Waals surface area contributed by atoms with Gasteiger partial charge < -0.3 is 10.8 Å². The van der Waals surface area contributed by atoms with Crippen LogP contribution in [0.25, 0.3) is 0 Å². The van der Waals surface area contributed by atoms with Crippen LogP contribution in [0.2, 0.25) is 0 Å². The number of hydrogen-bond donors (Lipinski definition) is 2. The van der Waals surface area contributed by atoms with Crippen molar-refractivity contribution in [2.75, 3.05) is 12.4 Å². The lowest BCUT2D eigenvalue weighted by atomic mass is 9.87. The molecule has 0 fully saturated rings. The highest BCUT2D eigenvalue weighted by molar-refractivity contribution is 7.99. The Labute approximate surface area is 109 Å². The largest absolute Gasteiger partial charge is 0.396 e. The van der Waals surface area contributed by atoms with Gasteiger partial charge in [-0.15, -0.1) is 11.8 Å². The van der Waals surface area contributed by atoms with Crippen molar-refractivity contribution in [3.05, 3.63) is 29.8 Å². The lowest BCUT2D eigenvalue weighted by molar-refractivity contribution is 0.279. The summed E-state index contributed by atoms with van der Waals surface area (Å²) in [5.41, 5.74) is 7.40. The molecular formula is C14H23NOS. The van der Waals surface area contributed by atoms with Crippen LogP contribution in [0.15, 0.2) is 29.2 Å². The number of aliphatic hydroxyl groups is 1. The van der Waals surface area contributed by atoms with Gasteiger partial charge >= 0.3 is 0 Å². The summed E-state index contributed by atoms with van der Waals surface area (Å²) >= 11 is 1.75. The van der Waals surface area contributed by atoms with Crippen molar-refractivity contribution in [1.82, 2.24) is 0 Å². The van der Waals surface area contributed by atoms with Gasteiger partial charge in [-0.3, -0.25) is 0 Å². The van der Waals surface area contributed by atoms with E-state index in [1.165, 1.54) is 10.5 Å². The number of nitrogens with two attached hydrogens (primary N) is 1. The van der Waals surface area contributed by atoms with Crippen LogP contribution in [0.3, 0.4) is 0 Å². The van der Waals surface area contributed by atoms with Crippen molar-refractivity contribution in [1.29, 1.82) is 0 Å². The van der Waals surface area contributed by atoms with E-state index in [4.69, 9.17) is 10.8 Å². The third-order valence-electron chi connectivity index (χ3n) is 2.68. The molecule has 3 heteroatoms. The summed E-state index contributed by atoms with van der Waals surface area (Å²) < 4.78 is 0. The molecule has 96 valence electrons. The Bertz CT molecular complexity index is 329. The minimum atomic E-state index is 0.0762. The fourth-order valence-electron chi connectivity index (χ4n) is 1.50. The molecule has 0 aliphatic heterocycles. The van der Waals surface area contributed by atoms with Gasteiger partial charge in [0, 0.05) is 23.3 Å². The van der Waals surface area contributed by atoms with Gasteiger partial charge in [0.25, 0.3) is 0 Å². The van der Waals surface area contributed by atoms with Crippen LogP contribution >= 0.6 is 11.8 Å². The second-order valence-corrected chi connectivity index (χ2v) is 6.45. The first kappa shape index (κ1) is 14.6. The fourth-order valence-corrected chi connectivity index (χ4v) is 2.41. The predicted molar refractivity (Wildman–Crippen MR) is 75.5 cm³/mol. The number of thioether (sulfide) groups is 1. The van der Waals surface area contributed by atoms with E-state index in [-0.39, 0.29) is 18.1 Å². The molecule has 0 heterocycles. The zero-order chi connectivity index (χ0) is 12.9. The van der Waals surface area contributed by atoms with Gasteiger partial charge in [-0.2, -0.15) is 0 Å². The van der Waals surface area contributed by atoms with Crippen LogP contribution in [0, 0.1) is 0 Å². The van der Waals surface area contributed by atoms with Gasteiger partial charge in [-0.05, 0) is 29.5 Å². The molecule has 1 aromatic carbocycles. The summed E-state index contributed by atoms with van der Waals surface area (Å²) in [5, 5.41) is 8.77. The second-order valence-electron chi connectivity index (χ2n) is 5.36. The summed E-state index contributed by atoms with van der Waals surface area (Å²) in [6, 6.07) is 8.74. The Hall–Kier alpha value is -0.510. The number of aliphatic hydroxyl groups excluding tert-OH is 1. The topological polar surface area (TPSA) is 46.2 Å². The van der Waals surface area contributed by atoms with E-state index in [1.54, 1.807) is 11.8 Å².